The Bertz CT molecular complexity index is 1200. The lowest BCUT2D eigenvalue weighted by Crippen LogP contribution is -2.22. The molecule has 0 aliphatic heterocycles. The van der Waals surface area contributed by atoms with E-state index in [0.29, 0.717) is 11.8 Å². The van der Waals surface area contributed by atoms with Crippen molar-refractivity contribution in [2.24, 2.45) is 0 Å². The van der Waals surface area contributed by atoms with Crippen LogP contribution in [0.3, 0.4) is 0 Å². The second kappa shape index (κ2) is 6.98. The number of aryl methyl sites for hydroxylation is 1. The van der Waals surface area contributed by atoms with Crippen molar-refractivity contribution in [3.05, 3.63) is 70.7 Å². The monoisotopic (exact) mass is 386 g/mol. The smallest absolute Gasteiger partial charge is 0.134 e. The highest BCUT2D eigenvalue weighted by molar-refractivity contribution is 5.84. The van der Waals surface area contributed by atoms with E-state index in [4.69, 9.17) is 14.4 Å². The van der Waals surface area contributed by atoms with Crippen molar-refractivity contribution in [3.8, 4) is 0 Å². The van der Waals surface area contributed by atoms with Gasteiger partial charge in [-0.2, -0.15) is 0 Å². The second-order valence-electron chi connectivity index (χ2n) is 9.22. The number of hydrogen-bond acceptors (Lipinski definition) is 3. The van der Waals surface area contributed by atoms with Gasteiger partial charge in [-0.15, -0.1) is 0 Å². The molecule has 2 aromatic heterocycles. The summed E-state index contributed by atoms with van der Waals surface area (Å²) in [7, 11) is 0. The van der Waals surface area contributed by atoms with Gasteiger partial charge in [0, 0.05) is 22.3 Å². The van der Waals surface area contributed by atoms with Gasteiger partial charge in [0.2, 0.25) is 0 Å². The highest BCUT2D eigenvalue weighted by Gasteiger charge is 2.33. The van der Waals surface area contributed by atoms with E-state index >= 15 is 0 Å². The van der Waals surface area contributed by atoms with Crippen LogP contribution in [0.1, 0.15) is 81.5 Å². The van der Waals surface area contributed by atoms with Crippen LogP contribution in [0.2, 0.25) is 0 Å². The molecule has 0 spiro atoms. The molecule has 0 N–H and O–H groups in total. The number of para-hydroxylation sites is 1. The van der Waals surface area contributed by atoms with Crippen LogP contribution in [0.15, 0.2) is 47.0 Å². The van der Waals surface area contributed by atoms with E-state index in [1.165, 1.54) is 16.7 Å². The summed E-state index contributed by atoms with van der Waals surface area (Å²) in [5, 5.41) is 1.16. The zero-order chi connectivity index (χ0) is 20.9. The topological polar surface area (TPSA) is 38.9 Å². The van der Waals surface area contributed by atoms with E-state index in [9.17, 15) is 0 Å². The van der Waals surface area contributed by atoms with Crippen LogP contribution < -0.4 is 0 Å². The average molecular weight is 387 g/mol. The second-order valence-corrected chi connectivity index (χ2v) is 9.22. The van der Waals surface area contributed by atoms with Gasteiger partial charge in [-0.25, -0.2) is 4.98 Å². The summed E-state index contributed by atoms with van der Waals surface area (Å²) in [6, 6.07) is 12.7. The molecule has 0 amide bonds. The number of rotatable bonds is 4. The molecule has 0 radical (unpaired) electrons. The molecule has 0 saturated carbocycles. The van der Waals surface area contributed by atoms with Crippen molar-refractivity contribution < 1.29 is 4.42 Å². The van der Waals surface area contributed by atoms with Crippen molar-refractivity contribution in [1.29, 1.82) is 0 Å². The standard InChI is InChI=1S/C26H30N2O/c1-15(2)19-13-21-20(12-17(19)5)27-14-23(28-21)26(6,7)24-18-10-8-9-11-22(18)29-25(24)16(3)4/h8-16H,1-7H3. The quantitative estimate of drug-likeness (QED) is 0.370. The molecular weight excluding hydrogens is 356 g/mol. The number of furan rings is 1. The van der Waals surface area contributed by atoms with Crippen LogP contribution in [-0.4, -0.2) is 9.97 Å². The summed E-state index contributed by atoms with van der Waals surface area (Å²) in [5.74, 6) is 1.79. The summed E-state index contributed by atoms with van der Waals surface area (Å²) >= 11 is 0. The Balaban J connectivity index is 1.94. The fourth-order valence-corrected chi connectivity index (χ4v) is 4.35. The average Bonchev–Trinajstić information content (AvgIpc) is 3.07. The molecule has 0 atom stereocenters. The summed E-state index contributed by atoms with van der Waals surface area (Å²) in [5.41, 5.74) is 7.32. The van der Waals surface area contributed by atoms with Gasteiger partial charge in [0.25, 0.3) is 0 Å². The van der Waals surface area contributed by atoms with Gasteiger partial charge in [-0.3, -0.25) is 4.98 Å². The van der Waals surface area contributed by atoms with Crippen LogP contribution in [0.4, 0.5) is 0 Å². The van der Waals surface area contributed by atoms with Gasteiger partial charge in [0.05, 0.1) is 22.9 Å². The fourth-order valence-electron chi connectivity index (χ4n) is 4.35. The van der Waals surface area contributed by atoms with Crippen molar-refractivity contribution >= 4 is 22.0 Å². The number of nitrogens with zero attached hydrogens (tertiary/aromatic N) is 2. The van der Waals surface area contributed by atoms with E-state index in [1.807, 2.05) is 18.3 Å². The first kappa shape index (κ1) is 19.6. The Morgan fingerprint density at radius 2 is 1.66 bits per heavy atom. The molecule has 29 heavy (non-hydrogen) atoms. The molecule has 0 fully saturated rings. The summed E-state index contributed by atoms with van der Waals surface area (Å²) in [4.78, 5) is 9.87. The van der Waals surface area contributed by atoms with Crippen LogP contribution >= 0.6 is 0 Å². The first-order valence-corrected chi connectivity index (χ1v) is 10.5. The molecule has 0 saturated heterocycles. The fraction of sp³-hybridized carbons (Fsp3) is 0.385. The van der Waals surface area contributed by atoms with Gasteiger partial charge in [-0.05, 0) is 56.0 Å². The Labute approximate surface area is 173 Å². The minimum Gasteiger partial charge on any atom is -0.460 e. The molecule has 0 bridgehead atoms. The molecule has 2 heterocycles. The first-order valence-electron chi connectivity index (χ1n) is 10.5. The van der Waals surface area contributed by atoms with Gasteiger partial charge in [0.1, 0.15) is 11.3 Å². The van der Waals surface area contributed by atoms with E-state index in [-0.39, 0.29) is 5.41 Å². The van der Waals surface area contributed by atoms with Gasteiger partial charge in [-0.1, -0.05) is 45.9 Å². The van der Waals surface area contributed by atoms with Gasteiger partial charge >= 0.3 is 0 Å². The van der Waals surface area contributed by atoms with Crippen molar-refractivity contribution in [2.75, 3.05) is 0 Å². The number of fused-ring (bicyclic) bond motifs is 2. The predicted molar refractivity (Wildman–Crippen MR) is 121 cm³/mol. The normalized spacial score (nSPS) is 12.6. The van der Waals surface area contributed by atoms with Crippen LogP contribution in [0.5, 0.6) is 0 Å². The van der Waals surface area contributed by atoms with Gasteiger partial charge < -0.3 is 4.42 Å². The van der Waals surface area contributed by atoms with Crippen molar-refractivity contribution in [1.82, 2.24) is 9.97 Å². The van der Waals surface area contributed by atoms with Crippen molar-refractivity contribution in [3.63, 3.8) is 0 Å². The molecule has 0 unspecified atom stereocenters. The van der Waals surface area contributed by atoms with E-state index in [2.05, 4.69) is 72.7 Å². The molecule has 3 heteroatoms. The third-order valence-corrected chi connectivity index (χ3v) is 5.96. The lowest BCUT2D eigenvalue weighted by molar-refractivity contribution is 0.493. The lowest BCUT2D eigenvalue weighted by atomic mass is 9.78. The maximum absolute atomic E-state index is 6.27. The molecular formula is C26H30N2O. The summed E-state index contributed by atoms with van der Waals surface area (Å²) < 4.78 is 6.27. The van der Waals surface area contributed by atoms with Crippen LogP contribution in [-0.2, 0) is 5.41 Å². The third-order valence-electron chi connectivity index (χ3n) is 5.96. The molecule has 2 aromatic carbocycles. The third kappa shape index (κ3) is 3.23. The number of aromatic nitrogens is 2. The number of benzene rings is 2. The highest BCUT2D eigenvalue weighted by Crippen LogP contribution is 2.42. The molecule has 0 aliphatic carbocycles. The first-order chi connectivity index (χ1) is 13.7. The number of hydrogen-bond donors (Lipinski definition) is 0. The highest BCUT2D eigenvalue weighted by atomic mass is 16.3. The molecule has 3 nitrogen and oxygen atoms in total. The lowest BCUT2D eigenvalue weighted by Gasteiger charge is -2.26. The van der Waals surface area contributed by atoms with Crippen LogP contribution in [0.25, 0.3) is 22.0 Å². The maximum Gasteiger partial charge on any atom is 0.134 e. The Kier molecular flexibility index (Phi) is 4.72. The molecule has 4 aromatic rings. The Morgan fingerprint density at radius 3 is 2.34 bits per heavy atom. The van der Waals surface area contributed by atoms with E-state index in [1.54, 1.807) is 0 Å². The Hall–Kier alpha value is -2.68. The Morgan fingerprint density at radius 1 is 0.931 bits per heavy atom. The molecule has 150 valence electrons. The molecule has 0 aliphatic rings. The maximum atomic E-state index is 6.27. The van der Waals surface area contributed by atoms with Crippen LogP contribution in [0, 0.1) is 6.92 Å². The minimum atomic E-state index is -0.323. The zero-order valence-corrected chi connectivity index (χ0v) is 18.5. The van der Waals surface area contributed by atoms with Gasteiger partial charge in [0.15, 0.2) is 0 Å². The minimum absolute atomic E-state index is 0.292. The molecule has 4 rings (SSSR count). The predicted octanol–water partition coefficient (Wildman–Crippen LogP) is 7.26. The largest absolute Gasteiger partial charge is 0.460 e. The SMILES string of the molecule is Cc1cc2ncc(C(C)(C)c3c(C(C)C)oc4ccccc34)nc2cc1C(C)C. The summed E-state index contributed by atoms with van der Waals surface area (Å²) in [6.45, 7) is 15.4. The summed E-state index contributed by atoms with van der Waals surface area (Å²) in [6.07, 6.45) is 1.93. The van der Waals surface area contributed by atoms with Crippen molar-refractivity contribution in [2.45, 2.75) is 65.7 Å². The van der Waals surface area contributed by atoms with E-state index < -0.39 is 0 Å². The van der Waals surface area contributed by atoms with E-state index in [0.717, 1.165) is 33.5 Å². The zero-order valence-electron chi connectivity index (χ0n) is 18.5.